The number of hydrogen-bond acceptors (Lipinski definition) is 2. The second-order valence-corrected chi connectivity index (χ2v) is 6.72. The number of nitrogens with zero attached hydrogens (tertiary/aromatic N) is 1. The summed E-state index contributed by atoms with van der Waals surface area (Å²) in [5.41, 5.74) is 9.53. The summed E-state index contributed by atoms with van der Waals surface area (Å²) in [4.78, 5) is 2.71. The van der Waals surface area contributed by atoms with Crippen LogP contribution in [0.25, 0.3) is 0 Å². The SMILES string of the molecule is Nc1ccc(CC(CCc2ccccc2)N2CCCCC2)cc1. The van der Waals surface area contributed by atoms with Gasteiger partial charge in [0.2, 0.25) is 0 Å². The molecule has 0 aromatic heterocycles. The van der Waals surface area contributed by atoms with Gasteiger partial charge in [-0.05, 0) is 68.5 Å². The molecular formula is C21H28N2. The van der Waals surface area contributed by atoms with Crippen molar-refractivity contribution in [2.75, 3.05) is 18.8 Å². The monoisotopic (exact) mass is 308 g/mol. The summed E-state index contributed by atoms with van der Waals surface area (Å²) in [6.45, 7) is 2.52. The van der Waals surface area contributed by atoms with Crippen molar-refractivity contribution >= 4 is 5.69 Å². The van der Waals surface area contributed by atoms with E-state index in [0.717, 1.165) is 18.5 Å². The molecule has 1 heterocycles. The Hall–Kier alpha value is -1.80. The molecule has 0 spiro atoms. The van der Waals surface area contributed by atoms with Crippen LogP contribution in [0.15, 0.2) is 54.6 Å². The molecule has 2 aromatic carbocycles. The lowest BCUT2D eigenvalue weighted by Crippen LogP contribution is -2.40. The Labute approximate surface area is 140 Å². The Morgan fingerprint density at radius 3 is 2.22 bits per heavy atom. The van der Waals surface area contributed by atoms with Crippen molar-refractivity contribution in [1.82, 2.24) is 4.90 Å². The normalized spacial score (nSPS) is 17.0. The molecule has 0 bridgehead atoms. The maximum atomic E-state index is 5.82. The van der Waals surface area contributed by atoms with Gasteiger partial charge in [0, 0.05) is 11.7 Å². The van der Waals surface area contributed by atoms with Crippen molar-refractivity contribution < 1.29 is 0 Å². The minimum atomic E-state index is 0.638. The van der Waals surface area contributed by atoms with Crippen LogP contribution in [0.2, 0.25) is 0 Å². The van der Waals surface area contributed by atoms with Gasteiger partial charge in [-0.25, -0.2) is 0 Å². The molecule has 2 nitrogen and oxygen atoms in total. The van der Waals surface area contributed by atoms with Crippen LogP contribution in [-0.2, 0) is 12.8 Å². The van der Waals surface area contributed by atoms with Crippen molar-refractivity contribution in [3.05, 3.63) is 65.7 Å². The van der Waals surface area contributed by atoms with Gasteiger partial charge in [-0.1, -0.05) is 48.9 Å². The van der Waals surface area contributed by atoms with Crippen molar-refractivity contribution in [2.45, 2.75) is 44.6 Å². The number of likely N-dealkylation sites (tertiary alicyclic amines) is 1. The fourth-order valence-electron chi connectivity index (χ4n) is 3.60. The Bertz CT molecular complexity index is 571. The van der Waals surface area contributed by atoms with Crippen LogP contribution in [0.1, 0.15) is 36.8 Å². The van der Waals surface area contributed by atoms with Gasteiger partial charge in [0.15, 0.2) is 0 Å². The molecule has 2 aromatic rings. The Kier molecular flexibility index (Phi) is 5.71. The third-order valence-corrected chi connectivity index (χ3v) is 4.97. The lowest BCUT2D eigenvalue weighted by Gasteiger charge is -2.35. The van der Waals surface area contributed by atoms with E-state index in [-0.39, 0.29) is 0 Å². The molecule has 2 heteroatoms. The highest BCUT2D eigenvalue weighted by atomic mass is 15.2. The highest BCUT2D eigenvalue weighted by Crippen LogP contribution is 2.20. The van der Waals surface area contributed by atoms with Crippen LogP contribution in [0.4, 0.5) is 5.69 Å². The third-order valence-electron chi connectivity index (χ3n) is 4.97. The zero-order chi connectivity index (χ0) is 15.9. The predicted octanol–water partition coefficient (Wildman–Crippen LogP) is 4.30. The van der Waals surface area contributed by atoms with E-state index in [4.69, 9.17) is 5.73 Å². The summed E-state index contributed by atoms with van der Waals surface area (Å²) in [6.07, 6.45) is 7.62. The summed E-state index contributed by atoms with van der Waals surface area (Å²) >= 11 is 0. The van der Waals surface area contributed by atoms with Crippen LogP contribution >= 0.6 is 0 Å². The molecule has 1 aliphatic heterocycles. The zero-order valence-corrected chi connectivity index (χ0v) is 14.0. The topological polar surface area (TPSA) is 29.3 Å². The minimum Gasteiger partial charge on any atom is -0.399 e. The maximum Gasteiger partial charge on any atom is 0.0314 e. The van der Waals surface area contributed by atoms with E-state index in [1.165, 1.54) is 49.9 Å². The second-order valence-electron chi connectivity index (χ2n) is 6.72. The largest absolute Gasteiger partial charge is 0.399 e. The quantitative estimate of drug-likeness (QED) is 0.806. The van der Waals surface area contributed by atoms with E-state index in [2.05, 4.69) is 47.4 Å². The third kappa shape index (κ3) is 4.84. The minimum absolute atomic E-state index is 0.638. The molecule has 1 unspecified atom stereocenters. The number of hydrogen-bond donors (Lipinski definition) is 1. The van der Waals surface area contributed by atoms with Crippen molar-refractivity contribution in [2.24, 2.45) is 0 Å². The van der Waals surface area contributed by atoms with E-state index in [1.54, 1.807) is 0 Å². The fourth-order valence-corrected chi connectivity index (χ4v) is 3.60. The highest BCUT2D eigenvalue weighted by molar-refractivity contribution is 5.39. The van der Waals surface area contributed by atoms with Gasteiger partial charge in [0.1, 0.15) is 0 Å². The molecule has 3 rings (SSSR count). The fraction of sp³-hybridized carbons (Fsp3) is 0.429. The summed E-state index contributed by atoms with van der Waals surface area (Å²) < 4.78 is 0. The van der Waals surface area contributed by atoms with Crippen LogP contribution in [0.3, 0.4) is 0 Å². The van der Waals surface area contributed by atoms with Crippen LogP contribution < -0.4 is 5.73 Å². The molecule has 2 N–H and O–H groups in total. The number of anilines is 1. The molecule has 1 saturated heterocycles. The van der Waals surface area contributed by atoms with Gasteiger partial charge < -0.3 is 10.6 Å². The van der Waals surface area contributed by atoms with E-state index in [0.29, 0.717) is 6.04 Å². The summed E-state index contributed by atoms with van der Waals surface area (Å²) in [7, 11) is 0. The second kappa shape index (κ2) is 8.16. The lowest BCUT2D eigenvalue weighted by atomic mass is 9.96. The number of rotatable bonds is 6. The first-order valence-corrected chi connectivity index (χ1v) is 8.93. The highest BCUT2D eigenvalue weighted by Gasteiger charge is 2.20. The average Bonchev–Trinajstić information content (AvgIpc) is 2.62. The van der Waals surface area contributed by atoms with Crippen molar-refractivity contribution in [3.8, 4) is 0 Å². The molecule has 1 atom stereocenters. The number of nitrogens with two attached hydrogens (primary N) is 1. The average molecular weight is 308 g/mol. The molecule has 23 heavy (non-hydrogen) atoms. The number of aryl methyl sites for hydroxylation is 1. The molecule has 0 radical (unpaired) electrons. The standard InChI is InChI=1S/C21H28N2/c22-20-12-9-19(10-13-20)17-21(23-15-5-2-6-16-23)14-11-18-7-3-1-4-8-18/h1,3-4,7-10,12-13,21H,2,5-6,11,14-17,22H2. The molecule has 0 saturated carbocycles. The van der Waals surface area contributed by atoms with Crippen molar-refractivity contribution in [3.63, 3.8) is 0 Å². The summed E-state index contributed by atoms with van der Waals surface area (Å²) in [5, 5.41) is 0. The summed E-state index contributed by atoms with van der Waals surface area (Å²) in [6, 6.07) is 20.0. The van der Waals surface area contributed by atoms with Crippen molar-refractivity contribution in [1.29, 1.82) is 0 Å². The van der Waals surface area contributed by atoms with Gasteiger partial charge in [0.25, 0.3) is 0 Å². The number of nitrogen functional groups attached to an aromatic ring is 1. The first kappa shape index (κ1) is 16.1. The van der Waals surface area contributed by atoms with Crippen LogP contribution in [-0.4, -0.2) is 24.0 Å². The first-order chi connectivity index (χ1) is 11.3. The van der Waals surface area contributed by atoms with E-state index in [1.807, 2.05) is 12.1 Å². The zero-order valence-electron chi connectivity index (χ0n) is 14.0. The lowest BCUT2D eigenvalue weighted by molar-refractivity contribution is 0.154. The Morgan fingerprint density at radius 2 is 1.52 bits per heavy atom. The molecule has 1 aliphatic rings. The molecule has 0 aliphatic carbocycles. The van der Waals surface area contributed by atoms with Gasteiger partial charge >= 0.3 is 0 Å². The number of piperidine rings is 1. The Morgan fingerprint density at radius 1 is 0.826 bits per heavy atom. The van der Waals surface area contributed by atoms with Crippen LogP contribution in [0.5, 0.6) is 0 Å². The van der Waals surface area contributed by atoms with E-state index in [9.17, 15) is 0 Å². The molecule has 122 valence electrons. The molecule has 1 fully saturated rings. The summed E-state index contributed by atoms with van der Waals surface area (Å²) in [5.74, 6) is 0. The smallest absolute Gasteiger partial charge is 0.0314 e. The van der Waals surface area contributed by atoms with Gasteiger partial charge in [0.05, 0.1) is 0 Å². The first-order valence-electron chi connectivity index (χ1n) is 8.93. The molecular weight excluding hydrogens is 280 g/mol. The van der Waals surface area contributed by atoms with E-state index < -0.39 is 0 Å². The van der Waals surface area contributed by atoms with Gasteiger partial charge in [-0.2, -0.15) is 0 Å². The van der Waals surface area contributed by atoms with Gasteiger partial charge in [-0.3, -0.25) is 0 Å². The van der Waals surface area contributed by atoms with Crippen LogP contribution in [0, 0.1) is 0 Å². The van der Waals surface area contributed by atoms with Gasteiger partial charge in [-0.15, -0.1) is 0 Å². The van der Waals surface area contributed by atoms with E-state index >= 15 is 0 Å². The maximum absolute atomic E-state index is 5.82. The molecule has 0 amide bonds. The number of benzene rings is 2. The predicted molar refractivity (Wildman–Crippen MR) is 98.5 cm³/mol. The Balaban J connectivity index is 1.66.